The van der Waals surface area contributed by atoms with Crippen molar-refractivity contribution in [2.45, 2.75) is 19.1 Å². The fraction of sp³-hybridized carbons (Fsp3) is 0.750. The molecule has 7 nitrogen and oxygen atoms in total. The average Bonchev–Trinajstić information content (AvgIpc) is 2.84. The van der Waals surface area contributed by atoms with E-state index in [1.54, 1.807) is 17.4 Å². The first-order valence-corrected chi connectivity index (χ1v) is 8.27. The molecule has 0 bridgehead atoms. The summed E-state index contributed by atoms with van der Waals surface area (Å²) < 4.78 is 33.6. The fourth-order valence-electron chi connectivity index (χ4n) is 2.40. The maximum Gasteiger partial charge on any atom is 0.217 e. The molecule has 2 unspecified atom stereocenters. The van der Waals surface area contributed by atoms with Gasteiger partial charge in [0.05, 0.1) is 17.9 Å². The van der Waals surface area contributed by atoms with E-state index >= 15 is 0 Å². The number of nitrogens with zero attached hydrogens (tertiary/aromatic N) is 3. The number of rotatable bonds is 5. The fourth-order valence-corrected chi connectivity index (χ4v) is 4.24. The molecule has 1 aromatic heterocycles. The number of aromatic nitrogens is 2. The molecule has 1 saturated heterocycles. The first-order chi connectivity index (χ1) is 9.45. The molecule has 122 valence electrons. The van der Waals surface area contributed by atoms with E-state index in [0.29, 0.717) is 19.6 Å². The van der Waals surface area contributed by atoms with Gasteiger partial charge in [-0.15, -0.1) is 12.4 Å². The Labute approximate surface area is 132 Å². The number of hydrogen-bond donors (Lipinski definition) is 1. The molecule has 1 aromatic rings. The number of methoxy groups -OCH3 is 1. The Kier molecular flexibility index (Phi) is 6.61. The number of piperazine rings is 1. The van der Waals surface area contributed by atoms with Gasteiger partial charge in [-0.2, -0.15) is 4.31 Å². The van der Waals surface area contributed by atoms with Gasteiger partial charge in [-0.1, -0.05) is 0 Å². The van der Waals surface area contributed by atoms with Crippen molar-refractivity contribution in [1.29, 1.82) is 0 Å². The second-order valence-electron chi connectivity index (χ2n) is 5.05. The molecule has 0 saturated carbocycles. The lowest BCUT2D eigenvalue weighted by Crippen LogP contribution is -2.50. The first-order valence-electron chi connectivity index (χ1n) is 6.66. The highest BCUT2D eigenvalue weighted by molar-refractivity contribution is 7.89. The molecule has 0 radical (unpaired) electrons. The summed E-state index contributed by atoms with van der Waals surface area (Å²) in [4.78, 5) is 4.29. The number of halogens is 1. The van der Waals surface area contributed by atoms with E-state index in [1.165, 1.54) is 7.11 Å². The lowest BCUT2D eigenvalue weighted by molar-refractivity contribution is 0.133. The van der Waals surface area contributed by atoms with Gasteiger partial charge in [0.2, 0.25) is 10.0 Å². The Hall–Kier alpha value is -0.670. The zero-order valence-electron chi connectivity index (χ0n) is 12.5. The van der Waals surface area contributed by atoms with E-state index in [1.807, 2.05) is 17.8 Å². The second kappa shape index (κ2) is 7.55. The van der Waals surface area contributed by atoms with Crippen LogP contribution in [0, 0.1) is 0 Å². The largest absolute Gasteiger partial charge is 0.381 e. The van der Waals surface area contributed by atoms with Crippen LogP contribution in [-0.4, -0.2) is 60.9 Å². The second-order valence-corrected chi connectivity index (χ2v) is 7.02. The van der Waals surface area contributed by atoms with E-state index in [4.69, 9.17) is 4.74 Å². The normalized spacial score (nSPS) is 21.8. The highest BCUT2D eigenvalue weighted by Gasteiger charge is 2.35. The summed E-state index contributed by atoms with van der Waals surface area (Å²) in [6.45, 7) is 3.44. The van der Waals surface area contributed by atoms with E-state index < -0.39 is 10.0 Å². The van der Waals surface area contributed by atoms with Gasteiger partial charge in [-0.25, -0.2) is 13.4 Å². The summed E-state index contributed by atoms with van der Waals surface area (Å²) in [6.07, 6.45) is 3.19. The van der Waals surface area contributed by atoms with E-state index in [0.717, 1.165) is 5.82 Å². The lowest BCUT2D eigenvalue weighted by Gasteiger charge is -2.35. The standard InChI is InChI=1S/C12H22N4O3S.ClH/c1-10(19-3)9-20(17,18)16-7-4-13-8-11(16)12-14-5-6-15(12)2;/h5-6,10-11,13H,4,7-9H2,1-3H3;1H. The van der Waals surface area contributed by atoms with Crippen molar-refractivity contribution in [3.63, 3.8) is 0 Å². The van der Waals surface area contributed by atoms with Crippen molar-refractivity contribution < 1.29 is 13.2 Å². The van der Waals surface area contributed by atoms with Crippen LogP contribution in [0.4, 0.5) is 0 Å². The summed E-state index contributed by atoms with van der Waals surface area (Å²) in [5.74, 6) is 0.746. The molecular weight excluding hydrogens is 316 g/mol. The number of hydrogen-bond acceptors (Lipinski definition) is 5. The monoisotopic (exact) mass is 338 g/mol. The third-order valence-corrected chi connectivity index (χ3v) is 5.60. The van der Waals surface area contributed by atoms with E-state index in [-0.39, 0.29) is 30.3 Å². The van der Waals surface area contributed by atoms with Gasteiger partial charge in [0.15, 0.2) is 0 Å². The molecule has 0 aliphatic carbocycles. The predicted octanol–water partition coefficient (Wildman–Crippen LogP) is 0.153. The molecule has 2 rings (SSSR count). The van der Waals surface area contributed by atoms with Crippen LogP contribution in [0.1, 0.15) is 18.8 Å². The number of sulfonamides is 1. The maximum absolute atomic E-state index is 12.6. The van der Waals surface area contributed by atoms with E-state index in [9.17, 15) is 8.42 Å². The van der Waals surface area contributed by atoms with Crippen LogP contribution < -0.4 is 5.32 Å². The minimum absolute atomic E-state index is 0. The average molecular weight is 339 g/mol. The van der Waals surface area contributed by atoms with Gasteiger partial charge in [0, 0.05) is 46.2 Å². The molecule has 0 amide bonds. The highest BCUT2D eigenvalue weighted by Crippen LogP contribution is 2.24. The number of nitrogens with one attached hydrogen (secondary N) is 1. The van der Waals surface area contributed by atoms with Crippen molar-refractivity contribution in [2.75, 3.05) is 32.5 Å². The molecule has 1 fully saturated rings. The molecule has 1 aliphatic heterocycles. The minimum Gasteiger partial charge on any atom is -0.381 e. The van der Waals surface area contributed by atoms with E-state index in [2.05, 4.69) is 10.3 Å². The van der Waals surface area contributed by atoms with Gasteiger partial charge < -0.3 is 14.6 Å². The molecule has 1 aliphatic rings. The highest BCUT2D eigenvalue weighted by atomic mass is 35.5. The molecule has 0 spiro atoms. The first kappa shape index (κ1) is 18.4. The topological polar surface area (TPSA) is 76.5 Å². The van der Waals surface area contributed by atoms with Crippen molar-refractivity contribution in [1.82, 2.24) is 19.2 Å². The number of aryl methyl sites for hydroxylation is 1. The van der Waals surface area contributed by atoms with Crippen molar-refractivity contribution in [2.24, 2.45) is 7.05 Å². The maximum atomic E-state index is 12.6. The quantitative estimate of drug-likeness (QED) is 0.827. The van der Waals surface area contributed by atoms with Gasteiger partial charge in [-0.3, -0.25) is 0 Å². The van der Waals surface area contributed by atoms with Gasteiger partial charge in [0.25, 0.3) is 0 Å². The molecule has 2 atom stereocenters. The SMILES string of the molecule is COC(C)CS(=O)(=O)N1CCNCC1c1nccn1C.Cl. The van der Waals surface area contributed by atoms with Crippen LogP contribution in [0.15, 0.2) is 12.4 Å². The summed E-state index contributed by atoms with van der Waals surface area (Å²) in [7, 11) is 0.0249. The zero-order chi connectivity index (χ0) is 14.8. The minimum atomic E-state index is -3.37. The Morgan fingerprint density at radius 3 is 2.86 bits per heavy atom. The molecular formula is C12H23ClN4O3S. The molecule has 1 N–H and O–H groups in total. The summed E-state index contributed by atoms with van der Waals surface area (Å²) in [5, 5.41) is 3.23. The van der Waals surface area contributed by atoms with Crippen LogP contribution in [0.2, 0.25) is 0 Å². The van der Waals surface area contributed by atoms with Gasteiger partial charge in [-0.05, 0) is 6.92 Å². The molecule has 0 aromatic carbocycles. The zero-order valence-corrected chi connectivity index (χ0v) is 14.2. The van der Waals surface area contributed by atoms with Crippen molar-refractivity contribution in [3.05, 3.63) is 18.2 Å². The van der Waals surface area contributed by atoms with Gasteiger partial charge >= 0.3 is 0 Å². The van der Waals surface area contributed by atoms with Crippen molar-refractivity contribution >= 4 is 22.4 Å². The van der Waals surface area contributed by atoms with Crippen LogP contribution >= 0.6 is 12.4 Å². The molecule has 9 heteroatoms. The third kappa shape index (κ3) is 4.17. The van der Waals surface area contributed by atoms with Crippen molar-refractivity contribution in [3.8, 4) is 0 Å². The molecule has 2 heterocycles. The Morgan fingerprint density at radius 1 is 1.57 bits per heavy atom. The van der Waals surface area contributed by atoms with Gasteiger partial charge in [0.1, 0.15) is 5.82 Å². The predicted molar refractivity (Wildman–Crippen MR) is 83.0 cm³/mol. The summed E-state index contributed by atoms with van der Waals surface area (Å²) in [5.41, 5.74) is 0. The van der Waals surface area contributed by atoms with Crippen LogP contribution in [0.5, 0.6) is 0 Å². The lowest BCUT2D eigenvalue weighted by atomic mass is 10.2. The molecule has 21 heavy (non-hydrogen) atoms. The van der Waals surface area contributed by atoms with Crippen LogP contribution in [-0.2, 0) is 21.8 Å². The third-order valence-electron chi connectivity index (χ3n) is 3.56. The van der Waals surface area contributed by atoms with Crippen LogP contribution in [0.25, 0.3) is 0 Å². The van der Waals surface area contributed by atoms with Crippen LogP contribution in [0.3, 0.4) is 0 Å². The Balaban J connectivity index is 0.00000220. The summed E-state index contributed by atoms with van der Waals surface area (Å²) >= 11 is 0. The number of imidazole rings is 1. The Bertz CT molecular complexity index is 548. The number of ether oxygens (including phenoxy) is 1. The smallest absolute Gasteiger partial charge is 0.217 e. The summed E-state index contributed by atoms with van der Waals surface area (Å²) in [6, 6.07) is -0.266. The Morgan fingerprint density at radius 2 is 2.29 bits per heavy atom.